The number of hydrogen-bond acceptors (Lipinski definition) is 3. The lowest BCUT2D eigenvalue weighted by Crippen LogP contribution is -2.55. The molecule has 1 unspecified atom stereocenters. The van der Waals surface area contributed by atoms with E-state index in [1.807, 2.05) is 0 Å². The molecule has 7 nitrogen and oxygen atoms in total. The molecule has 1 atom stereocenters. The maximum absolute atomic E-state index is 12.1. The van der Waals surface area contributed by atoms with Gasteiger partial charge in [-0.2, -0.15) is 0 Å². The molecular weight excluding hydrogens is 250 g/mol. The highest BCUT2D eigenvalue weighted by atomic mass is 16.4. The molecule has 0 aromatic carbocycles. The Kier molecular flexibility index (Phi) is 6.31. The molecule has 0 saturated carbocycles. The van der Waals surface area contributed by atoms with Gasteiger partial charge in [-0.25, -0.2) is 4.79 Å². The van der Waals surface area contributed by atoms with E-state index in [4.69, 9.17) is 5.11 Å². The number of carboxylic acids is 1. The van der Waals surface area contributed by atoms with Crippen LogP contribution in [0.3, 0.4) is 0 Å². The molecule has 0 bridgehead atoms. The highest BCUT2D eigenvalue weighted by Crippen LogP contribution is 2.14. The molecule has 0 aliphatic rings. The summed E-state index contributed by atoms with van der Waals surface area (Å²) in [5.74, 6) is -1.28. The van der Waals surface area contributed by atoms with Crippen LogP contribution in [0.25, 0.3) is 0 Å². The molecule has 0 heterocycles. The van der Waals surface area contributed by atoms with E-state index < -0.39 is 23.6 Å². The summed E-state index contributed by atoms with van der Waals surface area (Å²) in [4.78, 5) is 35.4. The molecule has 0 radical (unpaired) electrons. The molecule has 110 valence electrons. The first-order chi connectivity index (χ1) is 8.59. The molecule has 0 aliphatic carbocycles. The zero-order valence-electron chi connectivity index (χ0n) is 12.1. The smallest absolute Gasteiger partial charge is 0.318 e. The summed E-state index contributed by atoms with van der Waals surface area (Å²) in [6.07, 6.45) is -0.140. The topological polar surface area (TPSA) is 98.7 Å². The molecule has 0 saturated heterocycles. The van der Waals surface area contributed by atoms with Crippen LogP contribution in [0.2, 0.25) is 0 Å². The largest absolute Gasteiger partial charge is 0.481 e. The third kappa shape index (κ3) is 6.08. The Bertz CT molecular complexity index is 349. The Labute approximate surface area is 113 Å². The molecule has 19 heavy (non-hydrogen) atoms. The zero-order valence-corrected chi connectivity index (χ0v) is 12.1. The summed E-state index contributed by atoms with van der Waals surface area (Å²) < 4.78 is 0. The normalized spacial score (nSPS) is 12.5. The van der Waals surface area contributed by atoms with E-state index in [1.165, 1.54) is 11.9 Å². The highest BCUT2D eigenvalue weighted by Gasteiger charge is 2.28. The molecule has 0 aromatic rings. The molecule has 0 aromatic heterocycles. The first kappa shape index (κ1) is 17.2. The van der Waals surface area contributed by atoms with Crippen molar-refractivity contribution in [3.05, 3.63) is 0 Å². The summed E-state index contributed by atoms with van der Waals surface area (Å²) >= 11 is 0. The second kappa shape index (κ2) is 6.96. The van der Waals surface area contributed by atoms with Crippen LogP contribution < -0.4 is 10.6 Å². The number of nitrogens with zero attached hydrogens (tertiary/aromatic N) is 1. The van der Waals surface area contributed by atoms with Crippen LogP contribution in [0.15, 0.2) is 0 Å². The van der Waals surface area contributed by atoms with E-state index in [2.05, 4.69) is 10.6 Å². The van der Waals surface area contributed by atoms with Crippen molar-refractivity contribution in [3.8, 4) is 0 Å². The first-order valence-corrected chi connectivity index (χ1v) is 6.11. The average Bonchev–Trinajstić information content (AvgIpc) is 2.25. The van der Waals surface area contributed by atoms with Crippen LogP contribution in [0, 0.1) is 0 Å². The molecule has 3 amide bonds. The molecule has 7 heteroatoms. The number of amides is 3. The quantitative estimate of drug-likeness (QED) is 0.675. The van der Waals surface area contributed by atoms with E-state index in [1.54, 1.807) is 27.7 Å². The number of carbonyl (C=O) groups is 3. The maximum Gasteiger partial charge on any atom is 0.318 e. The van der Waals surface area contributed by atoms with Gasteiger partial charge in [-0.15, -0.1) is 0 Å². The second-order valence-corrected chi connectivity index (χ2v) is 5.25. The van der Waals surface area contributed by atoms with E-state index >= 15 is 0 Å². The number of carboxylic acid groups (broad SMARTS) is 1. The van der Waals surface area contributed by atoms with Gasteiger partial charge in [0, 0.05) is 19.1 Å². The lowest BCUT2D eigenvalue weighted by atomic mass is 10.1. The van der Waals surface area contributed by atoms with Gasteiger partial charge in [-0.05, 0) is 27.7 Å². The van der Waals surface area contributed by atoms with Crippen molar-refractivity contribution in [1.29, 1.82) is 0 Å². The fourth-order valence-corrected chi connectivity index (χ4v) is 1.49. The van der Waals surface area contributed by atoms with Crippen LogP contribution >= 0.6 is 0 Å². The van der Waals surface area contributed by atoms with Crippen LogP contribution in [0.1, 0.15) is 34.1 Å². The van der Waals surface area contributed by atoms with Crippen LogP contribution in [-0.2, 0) is 9.59 Å². The van der Waals surface area contributed by atoms with Crippen molar-refractivity contribution >= 4 is 17.9 Å². The number of likely N-dealkylation sites (N-methyl/N-ethyl adjacent to an activating group) is 1. The van der Waals surface area contributed by atoms with Crippen molar-refractivity contribution in [2.75, 3.05) is 13.6 Å². The summed E-state index contributed by atoms with van der Waals surface area (Å²) in [5.41, 5.74) is -0.526. The van der Waals surface area contributed by atoms with Crippen LogP contribution in [0.5, 0.6) is 0 Å². The lowest BCUT2D eigenvalue weighted by Gasteiger charge is -2.36. The van der Waals surface area contributed by atoms with Crippen molar-refractivity contribution in [2.45, 2.75) is 45.7 Å². The monoisotopic (exact) mass is 273 g/mol. The Balaban J connectivity index is 4.73. The van der Waals surface area contributed by atoms with Gasteiger partial charge in [0.1, 0.15) is 6.04 Å². The molecule has 0 spiro atoms. The van der Waals surface area contributed by atoms with E-state index in [-0.39, 0.29) is 18.9 Å². The summed E-state index contributed by atoms with van der Waals surface area (Å²) in [6.45, 7) is 7.07. The third-order valence-electron chi connectivity index (χ3n) is 2.58. The minimum Gasteiger partial charge on any atom is -0.481 e. The van der Waals surface area contributed by atoms with Gasteiger partial charge < -0.3 is 20.6 Å². The Morgan fingerprint density at radius 2 is 1.79 bits per heavy atom. The number of carbonyl (C=O) groups excluding carboxylic acids is 2. The van der Waals surface area contributed by atoms with Crippen molar-refractivity contribution in [1.82, 2.24) is 15.5 Å². The van der Waals surface area contributed by atoms with Crippen molar-refractivity contribution < 1.29 is 19.5 Å². The standard InChI is InChI=1S/C12H23N3O4/c1-8(10(18)13-5)14-11(19)15(12(2,3)4)7-6-9(16)17/h8H,6-7H2,1-5H3,(H,13,18)(H,14,19)(H,16,17). The lowest BCUT2D eigenvalue weighted by molar-refractivity contribution is -0.137. The Morgan fingerprint density at radius 1 is 1.26 bits per heavy atom. The molecular formula is C12H23N3O4. The summed E-state index contributed by atoms with van der Waals surface area (Å²) in [7, 11) is 1.48. The molecule has 0 fully saturated rings. The van der Waals surface area contributed by atoms with Gasteiger partial charge >= 0.3 is 12.0 Å². The van der Waals surface area contributed by atoms with Gasteiger partial charge in [0.15, 0.2) is 0 Å². The molecule has 0 rings (SSSR count). The molecule has 3 N–H and O–H groups in total. The average molecular weight is 273 g/mol. The summed E-state index contributed by atoms with van der Waals surface area (Å²) in [5, 5.41) is 13.7. The van der Waals surface area contributed by atoms with Crippen molar-refractivity contribution in [2.24, 2.45) is 0 Å². The van der Waals surface area contributed by atoms with Gasteiger partial charge in [0.05, 0.1) is 6.42 Å². The fourth-order valence-electron chi connectivity index (χ4n) is 1.49. The number of aliphatic carboxylic acids is 1. The minimum atomic E-state index is -0.971. The number of rotatable bonds is 5. The predicted octanol–water partition coefficient (Wildman–Crippen LogP) is 0.406. The Hall–Kier alpha value is -1.79. The van der Waals surface area contributed by atoms with Gasteiger partial charge in [0.25, 0.3) is 0 Å². The van der Waals surface area contributed by atoms with Gasteiger partial charge in [0.2, 0.25) is 5.91 Å². The number of hydrogen-bond donors (Lipinski definition) is 3. The zero-order chi connectivity index (χ0) is 15.2. The van der Waals surface area contributed by atoms with Crippen molar-refractivity contribution in [3.63, 3.8) is 0 Å². The van der Waals surface area contributed by atoms with Gasteiger partial charge in [-0.1, -0.05) is 0 Å². The minimum absolute atomic E-state index is 0.0884. The van der Waals surface area contributed by atoms with Gasteiger partial charge in [-0.3, -0.25) is 9.59 Å². The molecule has 0 aliphatic heterocycles. The highest BCUT2D eigenvalue weighted by molar-refractivity contribution is 5.86. The first-order valence-electron chi connectivity index (χ1n) is 6.11. The third-order valence-corrected chi connectivity index (χ3v) is 2.58. The Morgan fingerprint density at radius 3 is 2.16 bits per heavy atom. The SMILES string of the molecule is CNC(=O)C(C)NC(=O)N(CCC(=O)O)C(C)(C)C. The van der Waals surface area contributed by atoms with Crippen LogP contribution in [-0.4, -0.2) is 53.1 Å². The second-order valence-electron chi connectivity index (χ2n) is 5.25. The van der Waals surface area contributed by atoms with E-state index in [9.17, 15) is 14.4 Å². The van der Waals surface area contributed by atoms with E-state index in [0.717, 1.165) is 0 Å². The van der Waals surface area contributed by atoms with E-state index in [0.29, 0.717) is 0 Å². The van der Waals surface area contributed by atoms with Crippen LogP contribution in [0.4, 0.5) is 4.79 Å². The maximum atomic E-state index is 12.1. The number of urea groups is 1. The predicted molar refractivity (Wildman–Crippen MR) is 70.8 cm³/mol. The summed E-state index contributed by atoms with van der Waals surface area (Å²) in [6, 6.07) is -1.13. The fraction of sp³-hybridized carbons (Fsp3) is 0.750. The number of nitrogens with one attached hydrogen (secondary N) is 2.